The quantitative estimate of drug-likeness (QED) is 0.349. The number of methoxy groups -OCH3 is 1. The number of ether oxygens (including phenoxy) is 1. The highest BCUT2D eigenvalue weighted by molar-refractivity contribution is 5.71. The maximum atomic E-state index is 14.3. The summed E-state index contributed by atoms with van der Waals surface area (Å²) in [4.78, 5) is 0. The van der Waals surface area contributed by atoms with Crippen molar-refractivity contribution in [2.45, 2.75) is 64.2 Å². The molecule has 1 saturated carbocycles. The molecule has 0 N–H and O–H groups in total. The van der Waals surface area contributed by atoms with Crippen molar-refractivity contribution in [3.63, 3.8) is 0 Å². The van der Waals surface area contributed by atoms with E-state index in [4.69, 9.17) is 4.74 Å². The summed E-state index contributed by atoms with van der Waals surface area (Å²) >= 11 is 0. The van der Waals surface area contributed by atoms with E-state index in [0.717, 1.165) is 12.0 Å². The first-order valence-electron chi connectivity index (χ1n) is 10.4. The van der Waals surface area contributed by atoms with Crippen molar-refractivity contribution in [3.8, 4) is 16.9 Å². The zero-order valence-electron chi connectivity index (χ0n) is 16.7. The zero-order valence-corrected chi connectivity index (χ0v) is 16.7. The van der Waals surface area contributed by atoms with Gasteiger partial charge in [-0.2, -0.15) is 0 Å². The second-order valence-corrected chi connectivity index (χ2v) is 7.90. The first-order chi connectivity index (χ1) is 13.5. The Morgan fingerprint density at radius 1 is 0.929 bits per heavy atom. The lowest BCUT2D eigenvalue weighted by molar-refractivity contribution is 0.303. The third-order valence-corrected chi connectivity index (χ3v) is 6.08. The van der Waals surface area contributed by atoms with Crippen molar-refractivity contribution in [3.05, 3.63) is 53.3 Å². The van der Waals surface area contributed by atoms with E-state index in [-0.39, 0.29) is 11.3 Å². The van der Waals surface area contributed by atoms with Crippen LogP contribution in [0, 0.1) is 23.4 Å². The molecule has 0 unspecified atom stereocenters. The van der Waals surface area contributed by atoms with Crippen LogP contribution in [0.2, 0.25) is 0 Å². The van der Waals surface area contributed by atoms with E-state index in [1.807, 2.05) is 12.1 Å². The molecule has 1 aliphatic rings. The van der Waals surface area contributed by atoms with Gasteiger partial charge in [0.25, 0.3) is 0 Å². The van der Waals surface area contributed by atoms with Crippen molar-refractivity contribution in [1.29, 1.82) is 0 Å². The minimum atomic E-state index is -1.47. The fraction of sp³-hybridized carbons (Fsp3) is 0.500. The smallest absolute Gasteiger partial charge is 0.195 e. The van der Waals surface area contributed by atoms with E-state index in [2.05, 4.69) is 6.92 Å². The maximum Gasteiger partial charge on any atom is 0.195 e. The lowest BCUT2D eigenvalue weighted by Crippen LogP contribution is -2.13. The van der Waals surface area contributed by atoms with Gasteiger partial charge in [0, 0.05) is 6.07 Å². The molecule has 0 aliphatic heterocycles. The molecular formula is C24H29F3O. The van der Waals surface area contributed by atoms with Crippen LogP contribution in [0.15, 0.2) is 30.3 Å². The summed E-state index contributed by atoms with van der Waals surface area (Å²) in [6.45, 7) is 2.24. The normalized spacial score (nSPS) is 19.6. The molecule has 3 rings (SSSR count). The fourth-order valence-corrected chi connectivity index (χ4v) is 4.39. The van der Waals surface area contributed by atoms with Crippen LogP contribution in [-0.4, -0.2) is 7.11 Å². The Morgan fingerprint density at radius 3 is 2.21 bits per heavy atom. The van der Waals surface area contributed by atoms with Crippen LogP contribution in [0.5, 0.6) is 5.75 Å². The summed E-state index contributed by atoms with van der Waals surface area (Å²) < 4.78 is 46.6. The molecule has 0 atom stereocenters. The highest BCUT2D eigenvalue weighted by Gasteiger charge is 2.23. The molecule has 0 aromatic heterocycles. The maximum absolute atomic E-state index is 14.3. The van der Waals surface area contributed by atoms with Gasteiger partial charge < -0.3 is 4.74 Å². The van der Waals surface area contributed by atoms with Crippen LogP contribution in [0.3, 0.4) is 0 Å². The van der Waals surface area contributed by atoms with Gasteiger partial charge in [0.15, 0.2) is 17.5 Å². The molecule has 152 valence electrons. The van der Waals surface area contributed by atoms with E-state index >= 15 is 0 Å². The fourth-order valence-electron chi connectivity index (χ4n) is 4.39. The predicted molar refractivity (Wildman–Crippen MR) is 107 cm³/mol. The Bertz CT molecular complexity index is 777. The van der Waals surface area contributed by atoms with Gasteiger partial charge in [0.2, 0.25) is 0 Å². The minimum Gasteiger partial charge on any atom is -0.496 e. The second-order valence-electron chi connectivity index (χ2n) is 7.90. The van der Waals surface area contributed by atoms with Crippen molar-refractivity contribution in [1.82, 2.24) is 0 Å². The van der Waals surface area contributed by atoms with Crippen molar-refractivity contribution >= 4 is 0 Å². The lowest BCUT2D eigenvalue weighted by Gasteiger charge is -2.29. The summed E-state index contributed by atoms with van der Waals surface area (Å²) in [6, 6.07) is 8.42. The van der Waals surface area contributed by atoms with Gasteiger partial charge in [0.1, 0.15) is 5.75 Å². The molecule has 2 aromatic carbocycles. The van der Waals surface area contributed by atoms with Gasteiger partial charge in [0.05, 0.1) is 12.7 Å². The number of benzene rings is 2. The minimum absolute atomic E-state index is 0.00302. The molecule has 1 nitrogen and oxygen atoms in total. The van der Waals surface area contributed by atoms with E-state index < -0.39 is 17.5 Å². The highest BCUT2D eigenvalue weighted by atomic mass is 19.2. The number of rotatable bonds is 7. The second kappa shape index (κ2) is 9.49. The molecule has 0 spiro atoms. The number of hydrogen-bond acceptors (Lipinski definition) is 1. The van der Waals surface area contributed by atoms with Gasteiger partial charge in [-0.3, -0.25) is 0 Å². The Hall–Kier alpha value is -1.97. The largest absolute Gasteiger partial charge is 0.496 e. The van der Waals surface area contributed by atoms with Gasteiger partial charge in [-0.1, -0.05) is 56.9 Å². The van der Waals surface area contributed by atoms with Crippen molar-refractivity contribution in [2.24, 2.45) is 5.92 Å². The average Bonchev–Trinajstić information content (AvgIpc) is 2.73. The molecular weight excluding hydrogens is 361 g/mol. The van der Waals surface area contributed by atoms with Crippen molar-refractivity contribution < 1.29 is 17.9 Å². The molecule has 1 fully saturated rings. The van der Waals surface area contributed by atoms with Crippen LogP contribution in [0.4, 0.5) is 13.2 Å². The summed E-state index contributed by atoms with van der Waals surface area (Å²) in [7, 11) is 1.32. The first kappa shape index (κ1) is 20.8. The number of halogens is 3. The topological polar surface area (TPSA) is 9.23 Å². The SMILES string of the molecule is CCCCC[C@H]1CC[C@H](c2ccc(-c3c(OC)cc(F)c(F)c3F)cc2)CC1. The molecule has 1 aliphatic carbocycles. The van der Waals surface area contributed by atoms with Gasteiger partial charge in [-0.15, -0.1) is 0 Å². The van der Waals surface area contributed by atoms with E-state index in [1.165, 1.54) is 64.0 Å². The average molecular weight is 390 g/mol. The standard InChI is InChI=1S/C24H29F3O/c1-3-4-5-6-16-7-9-17(10-8-16)18-11-13-19(14-12-18)22-21(28-2)15-20(25)23(26)24(22)27/h11-17H,3-10H2,1-2H3/t16-,17-. The van der Waals surface area contributed by atoms with Crippen LogP contribution < -0.4 is 4.74 Å². The lowest BCUT2D eigenvalue weighted by atomic mass is 9.77. The van der Waals surface area contributed by atoms with Crippen LogP contribution >= 0.6 is 0 Å². The van der Waals surface area contributed by atoms with Gasteiger partial charge in [-0.25, -0.2) is 13.2 Å². The Morgan fingerprint density at radius 2 is 1.61 bits per heavy atom. The molecule has 2 aromatic rings. The Kier molecular flexibility index (Phi) is 7.03. The highest BCUT2D eigenvalue weighted by Crippen LogP contribution is 2.40. The third kappa shape index (κ3) is 4.53. The van der Waals surface area contributed by atoms with E-state index in [9.17, 15) is 13.2 Å². The van der Waals surface area contributed by atoms with Gasteiger partial charge >= 0.3 is 0 Å². The van der Waals surface area contributed by atoms with E-state index in [1.54, 1.807) is 12.1 Å². The van der Waals surface area contributed by atoms with E-state index in [0.29, 0.717) is 11.5 Å². The summed E-state index contributed by atoms with van der Waals surface area (Å²) in [5, 5.41) is 0. The summed E-state index contributed by atoms with van der Waals surface area (Å²) in [5.74, 6) is -2.56. The summed E-state index contributed by atoms with van der Waals surface area (Å²) in [6.07, 6.45) is 10.2. The monoisotopic (exact) mass is 390 g/mol. The van der Waals surface area contributed by atoms with Gasteiger partial charge in [-0.05, 0) is 48.6 Å². The molecule has 28 heavy (non-hydrogen) atoms. The summed E-state index contributed by atoms with van der Waals surface area (Å²) in [5.41, 5.74) is 1.69. The zero-order chi connectivity index (χ0) is 20.1. The molecule has 0 heterocycles. The Balaban J connectivity index is 1.71. The molecule has 0 radical (unpaired) electrons. The molecule has 0 saturated heterocycles. The molecule has 4 heteroatoms. The molecule has 0 bridgehead atoms. The van der Waals surface area contributed by atoms with Crippen molar-refractivity contribution in [2.75, 3.05) is 7.11 Å². The van der Waals surface area contributed by atoms with Crippen LogP contribution in [0.25, 0.3) is 11.1 Å². The number of hydrogen-bond donors (Lipinski definition) is 0. The first-order valence-corrected chi connectivity index (χ1v) is 10.4. The Labute approximate surface area is 165 Å². The van der Waals surface area contributed by atoms with Crippen LogP contribution in [0.1, 0.15) is 69.8 Å². The third-order valence-electron chi connectivity index (χ3n) is 6.08. The van der Waals surface area contributed by atoms with Crippen LogP contribution in [-0.2, 0) is 0 Å². The molecule has 0 amide bonds. The predicted octanol–water partition coefficient (Wildman–Crippen LogP) is 7.63. The number of unbranched alkanes of at least 4 members (excludes halogenated alkanes) is 2.